The lowest BCUT2D eigenvalue weighted by molar-refractivity contribution is 0.0765. The second kappa shape index (κ2) is 8.60. The van der Waals surface area contributed by atoms with Gasteiger partial charge in [0.25, 0.3) is 5.91 Å². The largest absolute Gasteiger partial charge is 0.494 e. The zero-order valence-electron chi connectivity index (χ0n) is 16.8. The molecule has 1 aromatic carbocycles. The monoisotopic (exact) mass is 390 g/mol. The van der Waals surface area contributed by atoms with Crippen LogP contribution in [-0.2, 0) is 0 Å². The molecule has 1 fully saturated rings. The molecular formula is C20H27FN4O3. The number of nitrogens with zero attached hydrogens (tertiary/aromatic N) is 3. The molecule has 28 heavy (non-hydrogen) atoms. The zero-order chi connectivity index (χ0) is 20.3. The topological polar surface area (TPSA) is 70.8 Å². The first-order valence-corrected chi connectivity index (χ1v) is 9.39. The fourth-order valence-electron chi connectivity index (χ4n) is 3.52. The van der Waals surface area contributed by atoms with Gasteiger partial charge >= 0.3 is 0 Å². The molecule has 1 atom stereocenters. The van der Waals surface area contributed by atoms with Gasteiger partial charge < -0.3 is 24.4 Å². The van der Waals surface area contributed by atoms with Gasteiger partial charge in [-0.3, -0.25) is 4.79 Å². The molecule has 7 nitrogen and oxygen atoms in total. The first kappa shape index (κ1) is 20.1. The highest BCUT2D eigenvalue weighted by Crippen LogP contribution is 2.34. The van der Waals surface area contributed by atoms with E-state index >= 15 is 0 Å². The maximum atomic E-state index is 13.8. The van der Waals surface area contributed by atoms with Crippen molar-refractivity contribution >= 4 is 11.7 Å². The van der Waals surface area contributed by atoms with E-state index in [2.05, 4.69) is 10.5 Å². The van der Waals surface area contributed by atoms with E-state index in [1.54, 1.807) is 37.0 Å². The number of amides is 1. The number of hydrogen-bond acceptors (Lipinski definition) is 6. The van der Waals surface area contributed by atoms with Crippen molar-refractivity contribution in [2.24, 2.45) is 5.92 Å². The van der Waals surface area contributed by atoms with Crippen LogP contribution in [0.4, 0.5) is 10.2 Å². The fourth-order valence-corrected chi connectivity index (χ4v) is 3.52. The Labute approximate surface area is 164 Å². The summed E-state index contributed by atoms with van der Waals surface area (Å²) in [6, 6.07) is 4.36. The highest BCUT2D eigenvalue weighted by atomic mass is 19.1. The van der Waals surface area contributed by atoms with Gasteiger partial charge in [-0.25, -0.2) is 4.39 Å². The van der Waals surface area contributed by atoms with Gasteiger partial charge in [0.15, 0.2) is 23.1 Å². The smallest absolute Gasteiger partial charge is 0.261 e. The third-order valence-electron chi connectivity index (χ3n) is 5.00. The third kappa shape index (κ3) is 4.11. The number of carbonyl (C=O) groups is 1. The maximum absolute atomic E-state index is 13.8. The summed E-state index contributed by atoms with van der Waals surface area (Å²) in [4.78, 5) is 16.7. The van der Waals surface area contributed by atoms with E-state index in [1.807, 2.05) is 0 Å². The first-order valence-electron chi connectivity index (χ1n) is 9.39. The van der Waals surface area contributed by atoms with E-state index in [0.717, 1.165) is 25.9 Å². The maximum Gasteiger partial charge on any atom is 0.261 e. The molecule has 0 spiro atoms. The average molecular weight is 390 g/mol. The average Bonchev–Trinajstić information content (AvgIpc) is 3.14. The summed E-state index contributed by atoms with van der Waals surface area (Å²) in [5.41, 5.74) is 0.903. The highest BCUT2D eigenvalue weighted by molar-refractivity contribution is 6.04. The van der Waals surface area contributed by atoms with Crippen LogP contribution >= 0.6 is 0 Å². The number of hydrogen-bond donors (Lipinski definition) is 1. The number of nitrogens with one attached hydrogen (secondary N) is 1. The van der Waals surface area contributed by atoms with Gasteiger partial charge in [-0.05, 0) is 50.0 Å². The van der Waals surface area contributed by atoms with Crippen molar-refractivity contribution in [3.05, 3.63) is 29.6 Å². The summed E-state index contributed by atoms with van der Waals surface area (Å²) in [7, 11) is 6.79. The quantitative estimate of drug-likeness (QED) is 0.818. The molecule has 1 aliphatic rings. The Morgan fingerprint density at radius 1 is 1.39 bits per heavy atom. The molecular weight excluding hydrogens is 363 g/mol. The molecule has 152 valence electrons. The van der Waals surface area contributed by atoms with Gasteiger partial charge in [-0.15, -0.1) is 0 Å². The van der Waals surface area contributed by atoms with Crippen molar-refractivity contribution in [1.29, 1.82) is 0 Å². The number of ether oxygens (including phenoxy) is 1. The Morgan fingerprint density at radius 3 is 2.82 bits per heavy atom. The summed E-state index contributed by atoms with van der Waals surface area (Å²) in [5.74, 6) is 0.597. The van der Waals surface area contributed by atoms with Crippen LogP contribution in [0.1, 0.15) is 23.2 Å². The van der Waals surface area contributed by atoms with E-state index in [0.29, 0.717) is 35.2 Å². The lowest BCUT2D eigenvalue weighted by Crippen LogP contribution is -2.39. The van der Waals surface area contributed by atoms with Gasteiger partial charge in [0, 0.05) is 33.3 Å². The minimum Gasteiger partial charge on any atom is -0.494 e. The molecule has 8 heteroatoms. The van der Waals surface area contributed by atoms with Crippen LogP contribution in [0.3, 0.4) is 0 Å². The van der Waals surface area contributed by atoms with Crippen LogP contribution in [-0.4, -0.2) is 63.9 Å². The minimum absolute atomic E-state index is 0.0836. The molecule has 1 N–H and O–H groups in total. The number of rotatable bonds is 6. The van der Waals surface area contributed by atoms with E-state index in [4.69, 9.17) is 9.26 Å². The van der Waals surface area contributed by atoms with Crippen molar-refractivity contribution < 1.29 is 18.4 Å². The predicted octanol–water partition coefficient (Wildman–Crippen LogP) is 2.63. The Kier molecular flexibility index (Phi) is 6.18. The van der Waals surface area contributed by atoms with Gasteiger partial charge in [0.1, 0.15) is 5.56 Å². The fraction of sp³-hybridized carbons (Fsp3) is 0.500. The van der Waals surface area contributed by atoms with E-state index in [9.17, 15) is 9.18 Å². The third-order valence-corrected chi connectivity index (χ3v) is 5.00. The number of piperidine rings is 1. The molecule has 1 unspecified atom stereocenters. The molecule has 0 bridgehead atoms. The number of halogens is 1. The molecule has 1 amide bonds. The number of anilines is 1. The Balaban J connectivity index is 1.94. The van der Waals surface area contributed by atoms with Crippen molar-refractivity contribution in [3.63, 3.8) is 0 Å². The number of carbonyl (C=O) groups excluding carboxylic acids is 1. The Morgan fingerprint density at radius 2 is 2.18 bits per heavy atom. The first-order chi connectivity index (χ1) is 13.4. The molecule has 0 radical (unpaired) electrons. The number of methoxy groups -OCH3 is 1. The van der Waals surface area contributed by atoms with Crippen molar-refractivity contribution in [3.8, 4) is 17.1 Å². The Hall–Kier alpha value is -2.61. The summed E-state index contributed by atoms with van der Waals surface area (Å²) in [6.45, 7) is 2.58. The van der Waals surface area contributed by atoms with Crippen LogP contribution in [0.5, 0.6) is 5.75 Å². The highest BCUT2D eigenvalue weighted by Gasteiger charge is 2.29. The lowest BCUT2D eigenvalue weighted by atomic mass is 9.98. The minimum atomic E-state index is -0.478. The molecule has 1 saturated heterocycles. The molecule has 0 saturated carbocycles. The van der Waals surface area contributed by atoms with Crippen LogP contribution in [0.15, 0.2) is 22.7 Å². The van der Waals surface area contributed by atoms with Crippen molar-refractivity contribution in [1.82, 2.24) is 15.4 Å². The molecule has 1 aromatic heterocycles. The lowest BCUT2D eigenvalue weighted by Gasteiger charge is -2.28. The normalized spacial score (nSPS) is 16.7. The molecule has 2 heterocycles. The van der Waals surface area contributed by atoms with E-state index in [-0.39, 0.29) is 11.7 Å². The summed E-state index contributed by atoms with van der Waals surface area (Å²) >= 11 is 0. The molecule has 3 rings (SSSR count). The van der Waals surface area contributed by atoms with Crippen LogP contribution in [0, 0.1) is 11.7 Å². The van der Waals surface area contributed by atoms with Gasteiger partial charge in [-0.1, -0.05) is 5.16 Å². The number of benzene rings is 1. The second-order valence-corrected chi connectivity index (χ2v) is 7.35. The van der Waals surface area contributed by atoms with Crippen LogP contribution < -0.4 is 15.0 Å². The van der Waals surface area contributed by atoms with E-state index < -0.39 is 5.82 Å². The molecule has 0 aliphatic carbocycles. The van der Waals surface area contributed by atoms with Gasteiger partial charge in [-0.2, -0.15) is 0 Å². The van der Waals surface area contributed by atoms with Crippen LogP contribution in [0.25, 0.3) is 11.3 Å². The summed E-state index contributed by atoms with van der Waals surface area (Å²) < 4.78 is 24.4. The zero-order valence-corrected chi connectivity index (χ0v) is 16.8. The van der Waals surface area contributed by atoms with Gasteiger partial charge in [0.05, 0.1) is 7.11 Å². The summed E-state index contributed by atoms with van der Waals surface area (Å²) in [6.07, 6.45) is 2.21. The summed E-state index contributed by atoms with van der Waals surface area (Å²) in [5, 5.41) is 7.45. The standard InChI is InChI=1S/C20H27FN4O3/c1-24(2)19-17(20(26)25(3)12-13-6-5-9-22-11-13)18(28-23-19)14-7-8-15(21)16(10-14)27-4/h7-8,10,13,22H,5-6,9,11-12H2,1-4H3. The predicted molar refractivity (Wildman–Crippen MR) is 105 cm³/mol. The van der Waals surface area contributed by atoms with Crippen LogP contribution in [0.2, 0.25) is 0 Å². The molecule has 1 aliphatic heterocycles. The van der Waals surface area contributed by atoms with Crippen molar-refractivity contribution in [2.45, 2.75) is 12.8 Å². The van der Waals surface area contributed by atoms with E-state index in [1.165, 1.54) is 19.2 Å². The molecule has 2 aromatic rings. The number of aromatic nitrogens is 1. The Bertz CT molecular complexity index is 831. The second-order valence-electron chi connectivity index (χ2n) is 7.35. The SMILES string of the molecule is COc1cc(-c2onc(N(C)C)c2C(=O)N(C)CC2CCCNC2)ccc1F. The van der Waals surface area contributed by atoms with Gasteiger partial charge in [0.2, 0.25) is 0 Å². The van der Waals surface area contributed by atoms with Crippen molar-refractivity contribution in [2.75, 3.05) is 52.8 Å².